The lowest BCUT2D eigenvalue weighted by Gasteiger charge is -2.49. The minimum atomic E-state index is -4.50. The molecule has 3 N–H and O–H groups in total. The number of rotatable bonds is 2. The molecule has 0 spiro atoms. The Kier molecular flexibility index (Phi) is 4.88. The predicted molar refractivity (Wildman–Crippen MR) is 115 cm³/mol. The lowest BCUT2D eigenvalue weighted by Crippen LogP contribution is -2.40. The lowest BCUT2D eigenvalue weighted by atomic mass is 9.56. The number of aryl methyl sites for hydroxylation is 1. The first-order valence-corrected chi connectivity index (χ1v) is 12.2. The van der Waals surface area contributed by atoms with Crippen molar-refractivity contribution in [3.05, 3.63) is 35.4 Å². The molecule has 0 heterocycles. The Morgan fingerprint density at radius 1 is 1.24 bits per heavy atom. The van der Waals surface area contributed by atoms with Crippen LogP contribution in [0.1, 0.15) is 70.4 Å². The summed E-state index contributed by atoms with van der Waals surface area (Å²) < 4.78 is 12.2. The summed E-state index contributed by atoms with van der Waals surface area (Å²) in [5.74, 6) is 1.38. The maximum Gasteiger partial charge on any atom is 0.358 e. The quantitative estimate of drug-likeness (QED) is 0.489. The van der Waals surface area contributed by atoms with Gasteiger partial charge >= 0.3 is 7.60 Å². The van der Waals surface area contributed by atoms with E-state index in [1.165, 1.54) is 5.56 Å². The summed E-state index contributed by atoms with van der Waals surface area (Å²) in [5, 5.41) is 2.75. The average molecular weight is 417 g/mol. The average Bonchev–Trinajstić information content (AvgIpc) is 3.01. The third-order valence-electron chi connectivity index (χ3n) is 7.41. The molecule has 6 heteroatoms. The molecule has 3 aliphatic carbocycles. The van der Waals surface area contributed by atoms with E-state index in [2.05, 4.69) is 24.4 Å². The van der Waals surface area contributed by atoms with Crippen LogP contribution >= 0.6 is 7.60 Å². The molecule has 4 rings (SSSR count). The van der Waals surface area contributed by atoms with Crippen molar-refractivity contribution in [3.8, 4) is 0 Å². The van der Waals surface area contributed by atoms with E-state index >= 15 is 0 Å². The summed E-state index contributed by atoms with van der Waals surface area (Å²) in [6.07, 6.45) is 9.97. The molecule has 0 bridgehead atoms. The summed E-state index contributed by atoms with van der Waals surface area (Å²) in [7, 11) is -4.50. The first kappa shape index (κ1) is 20.8. The summed E-state index contributed by atoms with van der Waals surface area (Å²) >= 11 is 0. The zero-order valence-electron chi connectivity index (χ0n) is 17.7. The van der Waals surface area contributed by atoms with Crippen LogP contribution in [0.2, 0.25) is 0 Å². The molecular weight excluding hydrogens is 385 g/mol. The zero-order chi connectivity index (χ0) is 21.2. The molecule has 3 aliphatic rings. The first-order valence-electron chi connectivity index (χ1n) is 10.6. The van der Waals surface area contributed by atoms with Crippen molar-refractivity contribution in [1.29, 1.82) is 0 Å². The third kappa shape index (κ3) is 3.62. The topological polar surface area (TPSA) is 86.6 Å². The van der Waals surface area contributed by atoms with Gasteiger partial charge in [-0.25, -0.2) is 0 Å². The van der Waals surface area contributed by atoms with Crippen LogP contribution in [0, 0.1) is 22.7 Å². The van der Waals surface area contributed by atoms with Gasteiger partial charge in [-0.1, -0.05) is 39.8 Å². The Bertz CT molecular complexity index is 926. The van der Waals surface area contributed by atoms with Crippen LogP contribution in [-0.2, 0) is 15.8 Å². The van der Waals surface area contributed by atoms with Crippen LogP contribution in [-0.4, -0.2) is 15.7 Å². The number of amides is 1. The maximum absolute atomic E-state index is 12.6. The highest BCUT2D eigenvalue weighted by Crippen LogP contribution is 2.59. The van der Waals surface area contributed by atoms with E-state index in [0.29, 0.717) is 17.8 Å². The molecular formula is C23H32NO4P. The number of allylic oxidation sites excluding steroid dienone is 2. The van der Waals surface area contributed by atoms with E-state index < -0.39 is 13.0 Å². The molecule has 5 nitrogen and oxygen atoms in total. The number of hydrogen-bond acceptors (Lipinski definition) is 2. The molecule has 0 saturated heterocycles. The molecule has 1 aromatic carbocycles. The Labute approximate surface area is 173 Å². The van der Waals surface area contributed by atoms with Gasteiger partial charge in [0.25, 0.3) is 0 Å². The molecule has 1 fully saturated rings. The third-order valence-corrected chi connectivity index (χ3v) is 8.41. The van der Waals surface area contributed by atoms with Crippen LogP contribution in [0.4, 0.5) is 5.69 Å². The molecule has 1 amide bonds. The number of fused-ring (bicyclic) bond motifs is 5. The number of nitrogens with one attached hydrogen (secondary N) is 1. The first-order chi connectivity index (χ1) is 13.4. The van der Waals surface area contributed by atoms with Gasteiger partial charge in [0.15, 0.2) is 0 Å². The van der Waals surface area contributed by atoms with Crippen molar-refractivity contribution in [2.45, 2.75) is 65.7 Å². The predicted octanol–water partition coefficient (Wildman–Crippen LogP) is 4.50. The second-order valence-electron chi connectivity index (χ2n) is 10.4. The Hall–Kier alpha value is -1.42. The second kappa shape index (κ2) is 6.80. The molecule has 4 atom stereocenters. The maximum atomic E-state index is 12.6. The van der Waals surface area contributed by atoms with Crippen molar-refractivity contribution >= 4 is 24.5 Å². The van der Waals surface area contributed by atoms with E-state index in [1.807, 2.05) is 6.07 Å². The summed E-state index contributed by atoms with van der Waals surface area (Å²) in [6, 6.07) is 3.53. The Morgan fingerprint density at radius 3 is 2.62 bits per heavy atom. The van der Waals surface area contributed by atoms with E-state index in [1.54, 1.807) is 26.8 Å². The summed E-state index contributed by atoms with van der Waals surface area (Å²) in [6.45, 7) is 7.76. The normalized spacial score (nSPS) is 31.0. The van der Waals surface area contributed by atoms with Crippen LogP contribution in [0.3, 0.4) is 0 Å². The van der Waals surface area contributed by atoms with Crippen molar-refractivity contribution < 1.29 is 19.1 Å². The number of benzene rings is 1. The molecule has 3 unspecified atom stereocenters. The van der Waals surface area contributed by atoms with Gasteiger partial charge in [-0.05, 0) is 78.5 Å². The molecule has 0 aliphatic heterocycles. The number of hydrogen-bond donors (Lipinski definition) is 3. The molecule has 1 aromatic rings. The van der Waals surface area contributed by atoms with Gasteiger partial charge in [0.1, 0.15) is 0 Å². The molecule has 158 valence electrons. The number of carbonyl (C=O) groups is 1. The minimum Gasteiger partial charge on any atom is -0.325 e. The van der Waals surface area contributed by atoms with Gasteiger partial charge in [-0.15, -0.1) is 0 Å². The fourth-order valence-electron chi connectivity index (χ4n) is 5.74. The second-order valence-corrected chi connectivity index (χ2v) is 12.0. The zero-order valence-corrected chi connectivity index (χ0v) is 18.6. The molecule has 0 radical (unpaired) electrons. The Balaban J connectivity index is 1.75. The molecule has 29 heavy (non-hydrogen) atoms. The van der Waals surface area contributed by atoms with Gasteiger partial charge in [-0.3, -0.25) is 9.36 Å². The lowest BCUT2D eigenvalue weighted by molar-refractivity contribution is -0.123. The summed E-state index contributed by atoms with van der Waals surface area (Å²) in [4.78, 5) is 32.4. The van der Waals surface area contributed by atoms with Gasteiger partial charge < -0.3 is 15.1 Å². The van der Waals surface area contributed by atoms with E-state index in [0.717, 1.165) is 37.7 Å². The van der Waals surface area contributed by atoms with E-state index in [-0.39, 0.29) is 22.3 Å². The van der Waals surface area contributed by atoms with Crippen LogP contribution in [0.15, 0.2) is 24.3 Å². The van der Waals surface area contributed by atoms with Crippen LogP contribution < -0.4 is 10.6 Å². The van der Waals surface area contributed by atoms with Crippen molar-refractivity contribution in [3.63, 3.8) is 0 Å². The van der Waals surface area contributed by atoms with Crippen LogP contribution in [0.5, 0.6) is 0 Å². The highest BCUT2D eigenvalue weighted by molar-refractivity contribution is 7.60. The van der Waals surface area contributed by atoms with Gasteiger partial charge in [0.2, 0.25) is 5.91 Å². The fraction of sp³-hybridized carbons (Fsp3) is 0.609. The number of carbonyl (C=O) groups excluding carboxylic acids is 1. The van der Waals surface area contributed by atoms with Gasteiger partial charge in [-0.2, -0.15) is 0 Å². The highest BCUT2D eigenvalue weighted by atomic mass is 31.2. The van der Waals surface area contributed by atoms with Gasteiger partial charge in [0.05, 0.1) is 11.0 Å². The smallest absolute Gasteiger partial charge is 0.325 e. The van der Waals surface area contributed by atoms with Crippen molar-refractivity contribution in [2.75, 3.05) is 5.32 Å². The van der Waals surface area contributed by atoms with E-state index in [4.69, 9.17) is 0 Å². The number of anilines is 1. The summed E-state index contributed by atoms with van der Waals surface area (Å²) in [5.41, 5.74) is 2.13. The van der Waals surface area contributed by atoms with Crippen LogP contribution in [0.25, 0.3) is 0 Å². The highest BCUT2D eigenvalue weighted by Gasteiger charge is 2.48. The monoisotopic (exact) mass is 417 g/mol. The van der Waals surface area contributed by atoms with Crippen molar-refractivity contribution in [2.24, 2.45) is 22.7 Å². The molecule has 1 saturated carbocycles. The largest absolute Gasteiger partial charge is 0.358 e. The van der Waals surface area contributed by atoms with Crippen molar-refractivity contribution in [1.82, 2.24) is 0 Å². The fourth-order valence-corrected chi connectivity index (χ4v) is 6.50. The molecule has 0 aromatic heterocycles. The van der Waals surface area contributed by atoms with E-state index in [9.17, 15) is 19.1 Å². The van der Waals surface area contributed by atoms with Gasteiger partial charge in [0, 0.05) is 5.41 Å². The minimum absolute atomic E-state index is 0.0597. The Morgan fingerprint density at radius 2 is 1.97 bits per heavy atom. The SMILES string of the molecule is CC(C)(C)C(=O)Nc1cc2c(cc1P(=O)(O)O)CCC1C2CC[C@]2(C)C=CCC12. The standard InChI is InChI=1S/C23H32NO4P/c1-22(2,3)21(25)24-19-13-17-14(12-20(19)29(26,27)28)7-8-16-15(17)9-11-23(4)10-5-6-18(16)23/h5,10,12-13,15-16,18H,6-9,11H2,1-4H3,(H,24,25)(H2,26,27,28)/t15?,16?,18?,23-/m0/s1.